The fraction of sp³-hybridized carbons (Fsp3) is 0.833. The standard InChI is InChI=1S/C12H23NO4/c1-5-9-16-10(14)7-6-8-13-11(15)17-12(2,3)4/h5-9H2,1-4H3,(H,13,15). The molecule has 5 heteroatoms. The molecule has 0 atom stereocenters. The van der Waals surface area contributed by atoms with Crippen LogP contribution in [0.4, 0.5) is 4.79 Å². The molecule has 0 spiro atoms. The van der Waals surface area contributed by atoms with Crippen LogP contribution in [0.1, 0.15) is 47.0 Å². The van der Waals surface area contributed by atoms with Crippen LogP contribution >= 0.6 is 0 Å². The molecule has 1 N–H and O–H groups in total. The summed E-state index contributed by atoms with van der Waals surface area (Å²) in [6.45, 7) is 8.21. The molecule has 0 aromatic carbocycles. The van der Waals surface area contributed by atoms with Crippen LogP contribution in [-0.4, -0.2) is 30.8 Å². The molecule has 0 saturated carbocycles. The number of esters is 1. The number of ether oxygens (including phenoxy) is 2. The Morgan fingerprint density at radius 2 is 1.88 bits per heavy atom. The summed E-state index contributed by atoms with van der Waals surface area (Å²) in [6.07, 6.45) is 1.24. The van der Waals surface area contributed by atoms with Gasteiger partial charge in [-0.1, -0.05) is 6.92 Å². The molecule has 0 bridgehead atoms. The number of nitrogens with one attached hydrogen (secondary N) is 1. The van der Waals surface area contributed by atoms with Crippen LogP contribution in [0.25, 0.3) is 0 Å². The zero-order valence-electron chi connectivity index (χ0n) is 11.2. The van der Waals surface area contributed by atoms with Gasteiger partial charge in [0.1, 0.15) is 5.60 Å². The van der Waals surface area contributed by atoms with Crippen molar-refractivity contribution < 1.29 is 19.1 Å². The van der Waals surface area contributed by atoms with Crippen molar-refractivity contribution in [2.75, 3.05) is 13.2 Å². The van der Waals surface area contributed by atoms with Crippen molar-refractivity contribution in [2.24, 2.45) is 0 Å². The molecule has 0 unspecified atom stereocenters. The molecular weight excluding hydrogens is 222 g/mol. The van der Waals surface area contributed by atoms with Gasteiger partial charge < -0.3 is 14.8 Å². The first-order valence-corrected chi connectivity index (χ1v) is 5.97. The monoisotopic (exact) mass is 245 g/mol. The summed E-state index contributed by atoms with van der Waals surface area (Å²) in [6, 6.07) is 0. The van der Waals surface area contributed by atoms with E-state index < -0.39 is 11.7 Å². The van der Waals surface area contributed by atoms with Gasteiger partial charge in [0.05, 0.1) is 6.61 Å². The molecule has 5 nitrogen and oxygen atoms in total. The average molecular weight is 245 g/mol. The van der Waals surface area contributed by atoms with Crippen LogP contribution in [0.5, 0.6) is 0 Å². The Kier molecular flexibility index (Phi) is 7.34. The normalized spacial score (nSPS) is 10.8. The molecule has 0 radical (unpaired) electrons. The van der Waals surface area contributed by atoms with Crippen LogP contribution in [0.15, 0.2) is 0 Å². The lowest BCUT2D eigenvalue weighted by molar-refractivity contribution is -0.143. The van der Waals surface area contributed by atoms with Gasteiger partial charge in [0, 0.05) is 13.0 Å². The molecule has 0 aromatic heterocycles. The van der Waals surface area contributed by atoms with Crippen molar-refractivity contribution in [2.45, 2.75) is 52.6 Å². The molecule has 0 aromatic rings. The lowest BCUT2D eigenvalue weighted by Crippen LogP contribution is -2.33. The smallest absolute Gasteiger partial charge is 0.407 e. The molecule has 0 aliphatic heterocycles. The Labute approximate surface area is 103 Å². The highest BCUT2D eigenvalue weighted by Crippen LogP contribution is 2.06. The minimum absolute atomic E-state index is 0.224. The van der Waals surface area contributed by atoms with E-state index in [9.17, 15) is 9.59 Å². The first-order chi connectivity index (χ1) is 7.85. The van der Waals surface area contributed by atoms with Crippen LogP contribution < -0.4 is 5.32 Å². The van der Waals surface area contributed by atoms with Crippen LogP contribution in [-0.2, 0) is 14.3 Å². The average Bonchev–Trinajstić information content (AvgIpc) is 2.19. The summed E-state index contributed by atoms with van der Waals surface area (Å²) in [5.41, 5.74) is -0.496. The van der Waals surface area contributed by atoms with E-state index in [1.54, 1.807) is 20.8 Å². The van der Waals surface area contributed by atoms with Gasteiger partial charge in [0.2, 0.25) is 0 Å². The number of hydrogen-bond donors (Lipinski definition) is 1. The van der Waals surface area contributed by atoms with Gasteiger partial charge in [-0.25, -0.2) is 4.79 Å². The van der Waals surface area contributed by atoms with Crippen molar-refractivity contribution in [1.82, 2.24) is 5.32 Å². The highest BCUT2D eigenvalue weighted by molar-refractivity contribution is 5.70. The first kappa shape index (κ1) is 15.7. The number of alkyl carbamates (subject to hydrolysis) is 1. The highest BCUT2D eigenvalue weighted by Gasteiger charge is 2.15. The van der Waals surface area contributed by atoms with E-state index in [0.717, 1.165) is 6.42 Å². The molecule has 0 heterocycles. The zero-order chi connectivity index (χ0) is 13.3. The van der Waals surface area contributed by atoms with E-state index in [4.69, 9.17) is 9.47 Å². The van der Waals surface area contributed by atoms with Crippen LogP contribution in [0.2, 0.25) is 0 Å². The molecule has 100 valence electrons. The lowest BCUT2D eigenvalue weighted by atomic mass is 10.2. The van der Waals surface area contributed by atoms with E-state index in [1.807, 2.05) is 6.92 Å². The molecular formula is C12H23NO4. The topological polar surface area (TPSA) is 64.6 Å². The summed E-state index contributed by atoms with van der Waals surface area (Å²) in [4.78, 5) is 22.3. The number of carbonyl (C=O) groups excluding carboxylic acids is 2. The number of amides is 1. The molecule has 0 rings (SSSR count). The molecule has 0 saturated heterocycles. The third-order valence-corrected chi connectivity index (χ3v) is 1.69. The second kappa shape index (κ2) is 7.92. The Bertz CT molecular complexity index is 245. The fourth-order valence-corrected chi connectivity index (χ4v) is 1.03. The fourth-order valence-electron chi connectivity index (χ4n) is 1.03. The predicted molar refractivity (Wildman–Crippen MR) is 64.7 cm³/mol. The zero-order valence-corrected chi connectivity index (χ0v) is 11.2. The van der Waals surface area contributed by atoms with E-state index >= 15 is 0 Å². The van der Waals surface area contributed by atoms with Crippen molar-refractivity contribution >= 4 is 12.1 Å². The molecule has 17 heavy (non-hydrogen) atoms. The van der Waals surface area contributed by atoms with Gasteiger partial charge in [-0.15, -0.1) is 0 Å². The number of hydrogen-bond acceptors (Lipinski definition) is 4. The first-order valence-electron chi connectivity index (χ1n) is 5.97. The third kappa shape index (κ3) is 11.0. The maximum absolute atomic E-state index is 11.2. The van der Waals surface area contributed by atoms with E-state index in [0.29, 0.717) is 26.0 Å². The van der Waals surface area contributed by atoms with Gasteiger partial charge in [-0.2, -0.15) is 0 Å². The second-order valence-corrected chi connectivity index (χ2v) is 4.75. The Balaban J connectivity index is 3.51. The molecule has 0 fully saturated rings. The summed E-state index contributed by atoms with van der Waals surface area (Å²) in [5.74, 6) is -0.224. The largest absolute Gasteiger partial charge is 0.466 e. The lowest BCUT2D eigenvalue weighted by Gasteiger charge is -2.19. The van der Waals surface area contributed by atoms with Crippen LogP contribution in [0, 0.1) is 0 Å². The molecule has 0 aliphatic rings. The van der Waals surface area contributed by atoms with Crippen molar-refractivity contribution in [3.05, 3.63) is 0 Å². The van der Waals surface area contributed by atoms with Gasteiger partial charge in [0.15, 0.2) is 0 Å². The summed E-state index contributed by atoms with van der Waals surface area (Å²) in [7, 11) is 0. The van der Waals surface area contributed by atoms with Crippen molar-refractivity contribution in [3.8, 4) is 0 Å². The van der Waals surface area contributed by atoms with E-state index in [-0.39, 0.29) is 5.97 Å². The maximum atomic E-state index is 11.2. The Morgan fingerprint density at radius 3 is 2.41 bits per heavy atom. The number of carbonyl (C=O) groups is 2. The molecule has 1 amide bonds. The minimum Gasteiger partial charge on any atom is -0.466 e. The maximum Gasteiger partial charge on any atom is 0.407 e. The van der Waals surface area contributed by atoms with Gasteiger partial charge in [-0.05, 0) is 33.6 Å². The second-order valence-electron chi connectivity index (χ2n) is 4.75. The highest BCUT2D eigenvalue weighted by atomic mass is 16.6. The minimum atomic E-state index is -0.496. The van der Waals surface area contributed by atoms with E-state index in [2.05, 4.69) is 5.32 Å². The van der Waals surface area contributed by atoms with E-state index in [1.165, 1.54) is 0 Å². The summed E-state index contributed by atoms with van der Waals surface area (Å²) < 4.78 is 9.94. The SMILES string of the molecule is CCCOC(=O)CCCNC(=O)OC(C)(C)C. The summed E-state index contributed by atoms with van der Waals surface area (Å²) >= 11 is 0. The quantitative estimate of drug-likeness (QED) is 0.575. The summed E-state index contributed by atoms with van der Waals surface area (Å²) in [5, 5.41) is 2.58. The van der Waals surface area contributed by atoms with Crippen LogP contribution in [0.3, 0.4) is 0 Å². The van der Waals surface area contributed by atoms with Gasteiger partial charge in [-0.3, -0.25) is 4.79 Å². The van der Waals surface area contributed by atoms with Gasteiger partial charge >= 0.3 is 12.1 Å². The predicted octanol–water partition coefficient (Wildman–Crippen LogP) is 2.24. The molecule has 0 aliphatic carbocycles. The van der Waals surface area contributed by atoms with Crippen molar-refractivity contribution in [3.63, 3.8) is 0 Å². The Morgan fingerprint density at radius 1 is 1.24 bits per heavy atom. The third-order valence-electron chi connectivity index (χ3n) is 1.69. The number of rotatable bonds is 6. The van der Waals surface area contributed by atoms with Gasteiger partial charge in [0.25, 0.3) is 0 Å². The Hall–Kier alpha value is -1.26. The van der Waals surface area contributed by atoms with Crippen molar-refractivity contribution in [1.29, 1.82) is 0 Å².